The Bertz CT molecular complexity index is 480. The van der Waals surface area contributed by atoms with E-state index in [4.69, 9.17) is 11.2 Å². The first-order valence-corrected chi connectivity index (χ1v) is 6.22. The number of ether oxygens (including phenoxy) is 1. The van der Waals surface area contributed by atoms with Gasteiger partial charge in [0, 0.05) is 13.6 Å². The predicted octanol–water partition coefficient (Wildman–Crippen LogP) is 1.96. The maximum Gasteiger partial charge on any atom is 0.191 e. The first-order valence-electron chi connectivity index (χ1n) is 6.22. The van der Waals surface area contributed by atoms with E-state index >= 15 is 0 Å². The van der Waals surface area contributed by atoms with Crippen molar-refractivity contribution < 1.29 is 4.74 Å². The smallest absolute Gasteiger partial charge is 0.191 e. The van der Waals surface area contributed by atoms with E-state index in [9.17, 15) is 0 Å². The molecular formula is C15H22IN3O. The van der Waals surface area contributed by atoms with Crippen LogP contribution in [0.4, 0.5) is 0 Å². The van der Waals surface area contributed by atoms with Gasteiger partial charge in [0.1, 0.15) is 5.75 Å². The van der Waals surface area contributed by atoms with Crippen LogP contribution in [0.1, 0.15) is 11.1 Å². The molecule has 0 radical (unpaired) electrons. The molecule has 0 aliphatic heterocycles. The van der Waals surface area contributed by atoms with E-state index in [0.717, 1.165) is 30.2 Å². The maximum absolute atomic E-state index is 5.31. The molecule has 1 rings (SSSR count). The molecule has 5 heteroatoms. The van der Waals surface area contributed by atoms with E-state index < -0.39 is 0 Å². The summed E-state index contributed by atoms with van der Waals surface area (Å²) in [5, 5.41) is 6.22. The zero-order valence-electron chi connectivity index (χ0n) is 12.2. The number of methoxy groups -OCH3 is 1. The summed E-state index contributed by atoms with van der Waals surface area (Å²) in [4.78, 5) is 4.08. The van der Waals surface area contributed by atoms with Gasteiger partial charge in [0.05, 0.1) is 13.7 Å². The lowest BCUT2D eigenvalue weighted by atomic mass is 10.1. The molecule has 0 fully saturated rings. The standard InChI is InChI=1S/C15H21N3O.HI/c1-5-9-17-15(16-3)18-10-8-13-7-6-12(2)14(11-13)19-4;/h1,6-7,11H,8-10H2,2-4H3,(H2,16,17,18);1H. The number of aryl methyl sites for hydroxylation is 1. The summed E-state index contributed by atoms with van der Waals surface area (Å²) in [5.74, 6) is 4.16. The average Bonchev–Trinajstić information content (AvgIpc) is 2.44. The second kappa shape index (κ2) is 10.4. The SMILES string of the molecule is C#CCNC(=NC)NCCc1ccc(C)c(OC)c1.I. The number of guanidine groups is 1. The Hall–Kier alpha value is -1.42. The lowest BCUT2D eigenvalue weighted by molar-refractivity contribution is 0.411. The van der Waals surface area contributed by atoms with Crippen molar-refractivity contribution in [3.63, 3.8) is 0 Å². The number of terminal acetylenes is 1. The summed E-state index contributed by atoms with van der Waals surface area (Å²) in [6.07, 6.45) is 6.08. The first-order chi connectivity index (χ1) is 9.21. The van der Waals surface area contributed by atoms with Crippen LogP contribution in [0.3, 0.4) is 0 Å². The number of aliphatic imine (C=N–C) groups is 1. The van der Waals surface area contributed by atoms with Gasteiger partial charge in [-0.05, 0) is 30.5 Å². The highest BCUT2D eigenvalue weighted by Crippen LogP contribution is 2.18. The third kappa shape index (κ3) is 6.15. The number of nitrogens with one attached hydrogen (secondary N) is 2. The topological polar surface area (TPSA) is 45.7 Å². The van der Waals surface area contributed by atoms with Gasteiger partial charge in [0.25, 0.3) is 0 Å². The predicted molar refractivity (Wildman–Crippen MR) is 95.0 cm³/mol. The van der Waals surface area contributed by atoms with Crippen molar-refractivity contribution in [1.82, 2.24) is 10.6 Å². The number of benzene rings is 1. The summed E-state index contributed by atoms with van der Waals surface area (Å²) in [7, 11) is 3.41. The van der Waals surface area contributed by atoms with Crippen molar-refractivity contribution in [2.45, 2.75) is 13.3 Å². The number of nitrogens with zero attached hydrogens (tertiary/aromatic N) is 1. The minimum absolute atomic E-state index is 0. The fourth-order valence-electron chi connectivity index (χ4n) is 1.70. The molecule has 110 valence electrons. The minimum Gasteiger partial charge on any atom is -0.496 e. The monoisotopic (exact) mass is 387 g/mol. The Morgan fingerprint density at radius 1 is 1.40 bits per heavy atom. The molecule has 1 aromatic rings. The minimum atomic E-state index is 0. The molecule has 0 spiro atoms. The van der Waals surface area contributed by atoms with Gasteiger partial charge in [-0.3, -0.25) is 4.99 Å². The molecule has 0 bridgehead atoms. The maximum atomic E-state index is 5.31. The summed E-state index contributed by atoms with van der Waals surface area (Å²) >= 11 is 0. The van der Waals surface area contributed by atoms with Crippen molar-refractivity contribution in [3.05, 3.63) is 29.3 Å². The molecule has 0 aromatic heterocycles. The Labute approximate surface area is 138 Å². The highest BCUT2D eigenvalue weighted by molar-refractivity contribution is 14.0. The van der Waals surface area contributed by atoms with Crippen LogP contribution >= 0.6 is 24.0 Å². The largest absolute Gasteiger partial charge is 0.496 e. The van der Waals surface area contributed by atoms with Crippen molar-refractivity contribution >= 4 is 29.9 Å². The quantitative estimate of drug-likeness (QED) is 0.352. The molecule has 20 heavy (non-hydrogen) atoms. The molecule has 0 aliphatic rings. The normalized spacial score (nSPS) is 10.2. The van der Waals surface area contributed by atoms with Gasteiger partial charge in [-0.15, -0.1) is 30.4 Å². The molecule has 1 aromatic carbocycles. The molecular weight excluding hydrogens is 365 g/mol. The number of rotatable bonds is 5. The molecule has 0 aliphatic carbocycles. The molecule has 0 amide bonds. The van der Waals surface area contributed by atoms with Gasteiger partial charge < -0.3 is 15.4 Å². The number of halogens is 1. The van der Waals surface area contributed by atoms with Crippen LogP contribution in [0.25, 0.3) is 0 Å². The first kappa shape index (κ1) is 18.6. The van der Waals surface area contributed by atoms with Crippen LogP contribution in [-0.2, 0) is 6.42 Å². The van der Waals surface area contributed by atoms with Gasteiger partial charge in [0.15, 0.2) is 5.96 Å². The molecule has 0 saturated heterocycles. The van der Waals surface area contributed by atoms with E-state index in [2.05, 4.69) is 39.7 Å². The number of hydrogen-bond acceptors (Lipinski definition) is 2. The Morgan fingerprint density at radius 3 is 2.75 bits per heavy atom. The van der Waals surface area contributed by atoms with E-state index in [1.165, 1.54) is 5.56 Å². The van der Waals surface area contributed by atoms with Crippen LogP contribution in [0, 0.1) is 19.3 Å². The van der Waals surface area contributed by atoms with E-state index in [1.807, 2.05) is 6.92 Å². The zero-order chi connectivity index (χ0) is 14.1. The molecule has 0 heterocycles. The Balaban J connectivity index is 0.00000361. The molecule has 0 saturated carbocycles. The highest BCUT2D eigenvalue weighted by atomic mass is 127. The van der Waals surface area contributed by atoms with Crippen molar-refractivity contribution in [1.29, 1.82) is 0 Å². The van der Waals surface area contributed by atoms with Crippen LogP contribution in [0.5, 0.6) is 5.75 Å². The molecule has 4 nitrogen and oxygen atoms in total. The average molecular weight is 387 g/mol. The summed E-state index contributed by atoms with van der Waals surface area (Å²) in [5.41, 5.74) is 2.37. The van der Waals surface area contributed by atoms with Gasteiger partial charge >= 0.3 is 0 Å². The second-order valence-electron chi connectivity index (χ2n) is 4.11. The van der Waals surface area contributed by atoms with Crippen LogP contribution < -0.4 is 15.4 Å². The fourth-order valence-corrected chi connectivity index (χ4v) is 1.70. The summed E-state index contributed by atoms with van der Waals surface area (Å²) in [6, 6.07) is 6.24. The number of hydrogen-bond donors (Lipinski definition) is 2. The van der Waals surface area contributed by atoms with Gasteiger partial charge in [-0.25, -0.2) is 0 Å². The van der Waals surface area contributed by atoms with Crippen LogP contribution in [-0.4, -0.2) is 33.2 Å². The fraction of sp³-hybridized carbons (Fsp3) is 0.400. The second-order valence-corrected chi connectivity index (χ2v) is 4.11. The Morgan fingerprint density at radius 2 is 2.15 bits per heavy atom. The van der Waals surface area contributed by atoms with E-state index in [-0.39, 0.29) is 24.0 Å². The lowest BCUT2D eigenvalue weighted by Crippen LogP contribution is -2.38. The van der Waals surface area contributed by atoms with Crippen LogP contribution in [0.2, 0.25) is 0 Å². The lowest BCUT2D eigenvalue weighted by Gasteiger charge is -2.11. The zero-order valence-corrected chi connectivity index (χ0v) is 14.5. The van der Waals surface area contributed by atoms with Gasteiger partial charge in [-0.1, -0.05) is 18.1 Å². The Kier molecular flexibility index (Phi) is 9.64. The summed E-state index contributed by atoms with van der Waals surface area (Å²) in [6.45, 7) is 3.29. The molecule has 2 N–H and O–H groups in total. The van der Waals surface area contributed by atoms with Crippen molar-refractivity contribution in [2.24, 2.45) is 4.99 Å². The van der Waals surface area contributed by atoms with E-state index in [0.29, 0.717) is 6.54 Å². The van der Waals surface area contributed by atoms with Gasteiger partial charge in [0.2, 0.25) is 0 Å². The third-order valence-electron chi connectivity index (χ3n) is 2.76. The van der Waals surface area contributed by atoms with Gasteiger partial charge in [-0.2, -0.15) is 0 Å². The molecule has 0 atom stereocenters. The van der Waals surface area contributed by atoms with E-state index in [1.54, 1.807) is 14.2 Å². The van der Waals surface area contributed by atoms with Crippen molar-refractivity contribution in [2.75, 3.05) is 27.2 Å². The summed E-state index contributed by atoms with van der Waals surface area (Å²) < 4.78 is 5.31. The highest BCUT2D eigenvalue weighted by Gasteiger charge is 2.01. The van der Waals surface area contributed by atoms with Crippen molar-refractivity contribution in [3.8, 4) is 18.1 Å². The van der Waals surface area contributed by atoms with Crippen LogP contribution in [0.15, 0.2) is 23.2 Å². The molecule has 0 unspecified atom stereocenters. The third-order valence-corrected chi connectivity index (χ3v) is 2.76.